The van der Waals surface area contributed by atoms with Crippen molar-refractivity contribution in [2.24, 2.45) is 0 Å². The smallest absolute Gasteiger partial charge is 0.107 e. The molecule has 0 spiro atoms. The van der Waals surface area contributed by atoms with Gasteiger partial charge in [0.1, 0.15) is 4.08 Å². The molecule has 0 amide bonds. The maximum atomic E-state index is 4.66. The van der Waals surface area contributed by atoms with Crippen molar-refractivity contribution in [1.29, 1.82) is 0 Å². The van der Waals surface area contributed by atoms with Crippen molar-refractivity contribution >= 4 is 23.5 Å². The number of aromatic nitrogens is 1. The summed E-state index contributed by atoms with van der Waals surface area (Å²) in [4.78, 5) is 4.66. The standard InChI is InChI=1S/C18H23NS2/c1-3-4-14-21-18(20-2,17-12-8-9-13-19-17)15-16-10-6-5-7-11-16/h5-13H,3-4,14-15H2,1-2H3. The zero-order valence-electron chi connectivity index (χ0n) is 12.8. The van der Waals surface area contributed by atoms with Crippen molar-refractivity contribution in [1.82, 2.24) is 4.98 Å². The zero-order valence-corrected chi connectivity index (χ0v) is 14.4. The summed E-state index contributed by atoms with van der Waals surface area (Å²) in [5, 5.41) is 0. The minimum absolute atomic E-state index is 0.0117. The molecule has 1 nitrogen and oxygen atoms in total. The van der Waals surface area contributed by atoms with Gasteiger partial charge in [0.05, 0.1) is 5.69 Å². The fourth-order valence-corrected chi connectivity index (χ4v) is 4.95. The van der Waals surface area contributed by atoms with Crippen LogP contribution in [-0.4, -0.2) is 17.0 Å². The first kappa shape index (κ1) is 16.4. The molecule has 0 fully saturated rings. The Hall–Kier alpha value is -0.930. The lowest BCUT2D eigenvalue weighted by atomic mass is 10.1. The van der Waals surface area contributed by atoms with Crippen molar-refractivity contribution in [3.63, 3.8) is 0 Å². The van der Waals surface area contributed by atoms with Crippen LogP contribution in [0, 0.1) is 0 Å². The van der Waals surface area contributed by atoms with Gasteiger partial charge in [-0.3, -0.25) is 4.98 Å². The quantitative estimate of drug-likeness (QED) is 0.479. The van der Waals surface area contributed by atoms with Crippen LogP contribution < -0.4 is 0 Å². The average molecular weight is 318 g/mol. The lowest BCUT2D eigenvalue weighted by molar-refractivity contribution is 0.818. The largest absolute Gasteiger partial charge is 0.259 e. The van der Waals surface area contributed by atoms with E-state index in [-0.39, 0.29) is 4.08 Å². The molecule has 0 aliphatic carbocycles. The lowest BCUT2D eigenvalue weighted by Crippen LogP contribution is -2.23. The van der Waals surface area contributed by atoms with Crippen LogP contribution in [0.5, 0.6) is 0 Å². The van der Waals surface area contributed by atoms with E-state index in [2.05, 4.69) is 60.6 Å². The number of rotatable bonds is 8. The summed E-state index contributed by atoms with van der Waals surface area (Å²) in [5.41, 5.74) is 2.56. The molecule has 0 saturated carbocycles. The van der Waals surface area contributed by atoms with E-state index >= 15 is 0 Å². The number of nitrogens with zero attached hydrogens (tertiary/aromatic N) is 1. The van der Waals surface area contributed by atoms with Crippen LogP contribution in [0.1, 0.15) is 31.0 Å². The van der Waals surface area contributed by atoms with E-state index in [0.29, 0.717) is 0 Å². The highest BCUT2D eigenvalue weighted by Crippen LogP contribution is 2.47. The molecule has 112 valence electrons. The minimum atomic E-state index is 0.0117. The van der Waals surface area contributed by atoms with E-state index in [4.69, 9.17) is 0 Å². The summed E-state index contributed by atoms with van der Waals surface area (Å²) in [6.07, 6.45) is 7.63. The molecular weight excluding hydrogens is 294 g/mol. The van der Waals surface area contributed by atoms with Gasteiger partial charge < -0.3 is 0 Å². The van der Waals surface area contributed by atoms with E-state index in [1.165, 1.54) is 29.9 Å². The van der Waals surface area contributed by atoms with Crippen LogP contribution in [0.3, 0.4) is 0 Å². The van der Waals surface area contributed by atoms with Gasteiger partial charge in [-0.05, 0) is 36.1 Å². The third-order valence-electron chi connectivity index (χ3n) is 3.50. The summed E-state index contributed by atoms with van der Waals surface area (Å²) in [6.45, 7) is 2.25. The Labute approximate surface area is 137 Å². The molecule has 0 N–H and O–H groups in total. The van der Waals surface area contributed by atoms with Crippen LogP contribution >= 0.6 is 23.5 Å². The molecule has 3 heteroatoms. The number of pyridine rings is 1. The molecule has 0 aliphatic rings. The van der Waals surface area contributed by atoms with Gasteiger partial charge in [-0.1, -0.05) is 49.7 Å². The third-order valence-corrected chi connectivity index (χ3v) is 6.68. The van der Waals surface area contributed by atoms with Gasteiger partial charge in [0.15, 0.2) is 0 Å². The number of thioether (sulfide) groups is 2. The highest BCUT2D eigenvalue weighted by Gasteiger charge is 2.33. The maximum Gasteiger partial charge on any atom is 0.107 e. The molecule has 2 rings (SSSR count). The fourth-order valence-electron chi connectivity index (χ4n) is 2.29. The predicted molar refractivity (Wildman–Crippen MR) is 96.9 cm³/mol. The summed E-state index contributed by atoms with van der Waals surface area (Å²) in [5.74, 6) is 1.18. The monoisotopic (exact) mass is 317 g/mol. The normalized spacial score (nSPS) is 13.8. The average Bonchev–Trinajstić information content (AvgIpc) is 2.56. The van der Waals surface area contributed by atoms with E-state index in [9.17, 15) is 0 Å². The minimum Gasteiger partial charge on any atom is -0.259 e. The van der Waals surface area contributed by atoms with Crippen LogP contribution in [-0.2, 0) is 10.5 Å². The molecule has 1 unspecified atom stereocenters. The predicted octanol–water partition coefficient (Wildman–Crippen LogP) is 5.37. The Balaban J connectivity index is 2.27. The molecule has 1 aromatic heterocycles. The first-order valence-electron chi connectivity index (χ1n) is 7.45. The molecule has 1 aromatic carbocycles. The Kier molecular flexibility index (Phi) is 6.65. The summed E-state index contributed by atoms with van der Waals surface area (Å²) < 4.78 is 0.0117. The highest BCUT2D eigenvalue weighted by molar-refractivity contribution is 8.17. The van der Waals surface area contributed by atoms with Crippen molar-refractivity contribution in [3.8, 4) is 0 Å². The van der Waals surface area contributed by atoms with E-state index in [0.717, 1.165) is 6.42 Å². The molecule has 0 radical (unpaired) electrons. The van der Waals surface area contributed by atoms with Crippen LogP contribution in [0.15, 0.2) is 54.7 Å². The van der Waals surface area contributed by atoms with Gasteiger partial charge in [-0.25, -0.2) is 0 Å². The summed E-state index contributed by atoms with van der Waals surface area (Å²) in [6, 6.07) is 17.0. The van der Waals surface area contributed by atoms with Gasteiger partial charge in [-0.2, -0.15) is 0 Å². The van der Waals surface area contributed by atoms with Crippen molar-refractivity contribution < 1.29 is 0 Å². The molecule has 0 saturated heterocycles. The van der Waals surface area contributed by atoms with Gasteiger partial charge in [0, 0.05) is 12.6 Å². The Morgan fingerprint density at radius 2 is 1.81 bits per heavy atom. The second-order valence-electron chi connectivity index (χ2n) is 5.04. The Morgan fingerprint density at radius 1 is 1.05 bits per heavy atom. The zero-order chi connectivity index (χ0) is 15.0. The van der Waals surface area contributed by atoms with E-state index in [1.807, 2.05) is 35.8 Å². The van der Waals surface area contributed by atoms with Gasteiger partial charge in [0.25, 0.3) is 0 Å². The molecule has 1 atom stereocenters. The number of unbranched alkanes of at least 4 members (excludes halogenated alkanes) is 1. The Morgan fingerprint density at radius 3 is 2.43 bits per heavy atom. The van der Waals surface area contributed by atoms with Crippen LogP contribution in [0.25, 0.3) is 0 Å². The highest BCUT2D eigenvalue weighted by atomic mass is 32.2. The number of benzene rings is 1. The van der Waals surface area contributed by atoms with Gasteiger partial charge in [-0.15, -0.1) is 23.5 Å². The van der Waals surface area contributed by atoms with Crippen molar-refractivity contribution in [2.45, 2.75) is 30.3 Å². The SMILES string of the molecule is CCCCSC(Cc1ccccc1)(SC)c1ccccn1. The second-order valence-corrected chi connectivity index (χ2v) is 7.79. The molecular formula is C18H23NS2. The van der Waals surface area contributed by atoms with Crippen LogP contribution in [0.2, 0.25) is 0 Å². The summed E-state index contributed by atoms with van der Waals surface area (Å²) in [7, 11) is 0. The molecule has 0 bridgehead atoms. The van der Waals surface area contributed by atoms with E-state index in [1.54, 1.807) is 0 Å². The van der Waals surface area contributed by atoms with Gasteiger partial charge >= 0.3 is 0 Å². The van der Waals surface area contributed by atoms with Gasteiger partial charge in [0.2, 0.25) is 0 Å². The Bertz CT molecular complexity index is 515. The second kappa shape index (κ2) is 8.50. The molecule has 2 aromatic rings. The van der Waals surface area contributed by atoms with E-state index < -0.39 is 0 Å². The molecule has 1 heterocycles. The summed E-state index contributed by atoms with van der Waals surface area (Å²) >= 11 is 3.96. The lowest BCUT2D eigenvalue weighted by Gasteiger charge is -2.31. The first-order valence-corrected chi connectivity index (χ1v) is 9.66. The topological polar surface area (TPSA) is 12.9 Å². The first-order chi connectivity index (χ1) is 10.3. The molecule has 0 aliphatic heterocycles. The number of hydrogen-bond donors (Lipinski definition) is 0. The number of hydrogen-bond acceptors (Lipinski definition) is 3. The van der Waals surface area contributed by atoms with Crippen molar-refractivity contribution in [2.75, 3.05) is 12.0 Å². The van der Waals surface area contributed by atoms with Crippen molar-refractivity contribution in [3.05, 3.63) is 66.0 Å². The fraction of sp³-hybridized carbons (Fsp3) is 0.389. The molecule has 21 heavy (non-hydrogen) atoms. The third kappa shape index (κ3) is 4.52. The maximum absolute atomic E-state index is 4.66. The van der Waals surface area contributed by atoms with Crippen LogP contribution in [0.4, 0.5) is 0 Å².